The normalized spacial score (nSPS) is 16.5. The number of nitrogens with one attached hydrogen (secondary N) is 1. The lowest BCUT2D eigenvalue weighted by Crippen LogP contribution is -2.24. The number of methoxy groups -OCH3 is 1. The Hall–Kier alpha value is -1.23. The highest BCUT2D eigenvalue weighted by Gasteiger charge is 2.27. The van der Waals surface area contributed by atoms with Crippen LogP contribution >= 0.6 is 11.3 Å². The second kappa shape index (κ2) is 5.82. The average Bonchev–Trinajstić information content (AvgIpc) is 3.09. The van der Waals surface area contributed by atoms with Gasteiger partial charge in [-0.05, 0) is 24.0 Å². The predicted molar refractivity (Wildman–Crippen MR) is 77.3 cm³/mol. The molecule has 1 aliphatic rings. The molecule has 0 aliphatic heterocycles. The molecule has 1 atom stereocenters. The van der Waals surface area contributed by atoms with E-state index in [2.05, 4.69) is 34.6 Å². The van der Waals surface area contributed by atoms with E-state index in [9.17, 15) is 0 Å². The molecule has 1 heterocycles. The SMILES string of the molecule is COCc1cccc(C(NC2CC2)c2nccs2)c1. The van der Waals surface area contributed by atoms with Crippen LogP contribution in [-0.4, -0.2) is 18.1 Å². The van der Waals surface area contributed by atoms with E-state index in [-0.39, 0.29) is 6.04 Å². The summed E-state index contributed by atoms with van der Waals surface area (Å²) in [5.74, 6) is 0. The highest BCUT2D eigenvalue weighted by atomic mass is 32.1. The average molecular weight is 274 g/mol. The van der Waals surface area contributed by atoms with Crippen LogP contribution in [0.25, 0.3) is 0 Å². The van der Waals surface area contributed by atoms with E-state index in [0.29, 0.717) is 12.6 Å². The third-order valence-corrected chi connectivity index (χ3v) is 4.11. The molecule has 1 aromatic carbocycles. The zero-order chi connectivity index (χ0) is 13.1. The fraction of sp³-hybridized carbons (Fsp3) is 0.400. The minimum atomic E-state index is 0.212. The second-order valence-corrected chi connectivity index (χ2v) is 5.85. The van der Waals surface area contributed by atoms with Crippen LogP contribution < -0.4 is 5.32 Å². The Balaban J connectivity index is 1.87. The van der Waals surface area contributed by atoms with E-state index < -0.39 is 0 Å². The van der Waals surface area contributed by atoms with Crippen LogP contribution in [0.5, 0.6) is 0 Å². The Kier molecular flexibility index (Phi) is 3.92. The Morgan fingerprint density at radius 3 is 3.05 bits per heavy atom. The number of hydrogen-bond donors (Lipinski definition) is 1. The lowest BCUT2D eigenvalue weighted by Gasteiger charge is -2.17. The molecular formula is C15H18N2OS. The summed E-state index contributed by atoms with van der Waals surface area (Å²) < 4.78 is 5.21. The van der Waals surface area contributed by atoms with Crippen LogP contribution in [-0.2, 0) is 11.3 Å². The van der Waals surface area contributed by atoms with Crippen LogP contribution in [0.4, 0.5) is 0 Å². The summed E-state index contributed by atoms with van der Waals surface area (Å²) in [6.45, 7) is 0.655. The van der Waals surface area contributed by atoms with E-state index in [4.69, 9.17) is 4.74 Å². The third-order valence-electron chi connectivity index (χ3n) is 3.27. The maximum atomic E-state index is 5.21. The molecule has 0 radical (unpaired) electrons. The molecule has 3 nitrogen and oxygen atoms in total. The Bertz CT molecular complexity index is 523. The minimum absolute atomic E-state index is 0.212. The van der Waals surface area contributed by atoms with Gasteiger partial charge in [-0.1, -0.05) is 24.3 Å². The molecular weight excluding hydrogens is 256 g/mol. The summed E-state index contributed by atoms with van der Waals surface area (Å²) in [5.41, 5.74) is 2.48. The maximum absolute atomic E-state index is 5.21. The highest BCUT2D eigenvalue weighted by Crippen LogP contribution is 2.30. The van der Waals surface area contributed by atoms with Gasteiger partial charge in [0, 0.05) is 24.7 Å². The van der Waals surface area contributed by atoms with Gasteiger partial charge in [0.2, 0.25) is 0 Å². The van der Waals surface area contributed by atoms with Gasteiger partial charge in [-0.25, -0.2) is 4.98 Å². The molecule has 3 rings (SSSR count). The fourth-order valence-electron chi connectivity index (χ4n) is 2.20. The van der Waals surface area contributed by atoms with Crippen LogP contribution in [0.15, 0.2) is 35.8 Å². The largest absolute Gasteiger partial charge is 0.380 e. The first-order valence-electron chi connectivity index (χ1n) is 6.60. The number of thiazole rings is 1. The first-order valence-corrected chi connectivity index (χ1v) is 7.48. The summed E-state index contributed by atoms with van der Waals surface area (Å²) in [7, 11) is 1.73. The van der Waals surface area contributed by atoms with Gasteiger partial charge >= 0.3 is 0 Å². The number of rotatable bonds is 6. The first-order chi connectivity index (χ1) is 9.36. The van der Waals surface area contributed by atoms with Crippen molar-refractivity contribution in [3.05, 3.63) is 52.0 Å². The van der Waals surface area contributed by atoms with Crippen LogP contribution in [0.2, 0.25) is 0 Å². The summed E-state index contributed by atoms with van der Waals surface area (Å²) in [5, 5.41) is 6.86. The van der Waals surface area contributed by atoms with Gasteiger partial charge in [0.05, 0.1) is 12.6 Å². The maximum Gasteiger partial charge on any atom is 0.114 e. The lowest BCUT2D eigenvalue weighted by atomic mass is 10.0. The Morgan fingerprint density at radius 1 is 1.47 bits per heavy atom. The van der Waals surface area contributed by atoms with E-state index >= 15 is 0 Å². The van der Waals surface area contributed by atoms with Crippen molar-refractivity contribution in [1.29, 1.82) is 0 Å². The molecule has 1 aromatic heterocycles. The second-order valence-electron chi connectivity index (χ2n) is 4.92. The standard InChI is InChI=1S/C15H18N2OS/c1-18-10-11-3-2-4-12(9-11)14(17-13-5-6-13)15-16-7-8-19-15/h2-4,7-9,13-14,17H,5-6,10H2,1H3. The van der Waals surface area contributed by atoms with Crippen molar-refractivity contribution in [2.45, 2.75) is 31.5 Å². The van der Waals surface area contributed by atoms with Gasteiger partial charge in [-0.3, -0.25) is 0 Å². The molecule has 100 valence electrons. The van der Waals surface area contributed by atoms with Gasteiger partial charge < -0.3 is 10.1 Å². The molecule has 4 heteroatoms. The number of nitrogens with zero attached hydrogens (tertiary/aromatic N) is 1. The van der Waals surface area contributed by atoms with Crippen LogP contribution in [0, 0.1) is 0 Å². The minimum Gasteiger partial charge on any atom is -0.380 e. The number of ether oxygens (including phenoxy) is 1. The number of hydrogen-bond acceptors (Lipinski definition) is 4. The van der Waals surface area contributed by atoms with Crippen molar-refractivity contribution < 1.29 is 4.74 Å². The molecule has 0 spiro atoms. The molecule has 1 saturated carbocycles. The predicted octanol–water partition coefficient (Wildman–Crippen LogP) is 3.13. The van der Waals surface area contributed by atoms with Crippen LogP contribution in [0.3, 0.4) is 0 Å². The summed E-state index contributed by atoms with van der Waals surface area (Å²) >= 11 is 1.71. The monoisotopic (exact) mass is 274 g/mol. The molecule has 1 aliphatic carbocycles. The van der Waals surface area contributed by atoms with Crippen molar-refractivity contribution in [2.24, 2.45) is 0 Å². The van der Waals surface area contributed by atoms with Gasteiger partial charge in [0.15, 0.2) is 0 Å². The van der Waals surface area contributed by atoms with Gasteiger partial charge in [0.1, 0.15) is 5.01 Å². The lowest BCUT2D eigenvalue weighted by molar-refractivity contribution is 0.185. The van der Waals surface area contributed by atoms with Crippen molar-refractivity contribution >= 4 is 11.3 Å². The van der Waals surface area contributed by atoms with Crippen molar-refractivity contribution in [2.75, 3.05) is 7.11 Å². The van der Waals surface area contributed by atoms with Gasteiger partial charge in [-0.15, -0.1) is 11.3 Å². The molecule has 0 saturated heterocycles. The summed E-state index contributed by atoms with van der Waals surface area (Å²) in [6, 6.07) is 9.44. The molecule has 2 aromatic rings. The summed E-state index contributed by atoms with van der Waals surface area (Å²) in [4.78, 5) is 4.47. The molecule has 1 N–H and O–H groups in total. The van der Waals surface area contributed by atoms with Crippen molar-refractivity contribution in [3.8, 4) is 0 Å². The van der Waals surface area contributed by atoms with E-state index in [1.54, 1.807) is 18.4 Å². The number of aromatic nitrogens is 1. The molecule has 19 heavy (non-hydrogen) atoms. The van der Waals surface area contributed by atoms with E-state index in [0.717, 1.165) is 5.01 Å². The van der Waals surface area contributed by atoms with E-state index in [1.165, 1.54) is 24.0 Å². The van der Waals surface area contributed by atoms with Crippen molar-refractivity contribution in [1.82, 2.24) is 10.3 Å². The topological polar surface area (TPSA) is 34.1 Å². The Morgan fingerprint density at radius 2 is 2.37 bits per heavy atom. The Labute approximate surface area is 117 Å². The zero-order valence-electron chi connectivity index (χ0n) is 11.0. The summed E-state index contributed by atoms with van der Waals surface area (Å²) in [6.07, 6.45) is 4.43. The molecule has 1 fully saturated rings. The fourth-order valence-corrected chi connectivity index (χ4v) is 2.93. The first kappa shape index (κ1) is 12.8. The van der Waals surface area contributed by atoms with Crippen molar-refractivity contribution in [3.63, 3.8) is 0 Å². The highest BCUT2D eigenvalue weighted by molar-refractivity contribution is 7.09. The molecule has 1 unspecified atom stereocenters. The smallest absolute Gasteiger partial charge is 0.114 e. The third kappa shape index (κ3) is 3.21. The molecule has 0 bridgehead atoms. The number of benzene rings is 1. The molecule has 0 amide bonds. The quantitative estimate of drug-likeness (QED) is 0.878. The van der Waals surface area contributed by atoms with E-state index in [1.807, 2.05) is 11.6 Å². The van der Waals surface area contributed by atoms with Gasteiger partial charge in [0.25, 0.3) is 0 Å². The zero-order valence-corrected chi connectivity index (χ0v) is 11.8. The van der Waals surface area contributed by atoms with Crippen LogP contribution in [0.1, 0.15) is 35.0 Å². The van der Waals surface area contributed by atoms with Gasteiger partial charge in [-0.2, -0.15) is 0 Å².